The van der Waals surface area contributed by atoms with Gasteiger partial charge in [0.1, 0.15) is 11.3 Å². The lowest BCUT2D eigenvalue weighted by atomic mass is 10.1. The van der Waals surface area contributed by atoms with Crippen LogP contribution < -0.4 is 5.32 Å². The molecule has 1 aromatic heterocycles. The number of unbranched alkanes of at least 4 members (excludes halogenated alkanes) is 1. The van der Waals surface area contributed by atoms with Crippen molar-refractivity contribution >= 4 is 17.9 Å². The molecule has 1 aliphatic rings. The minimum atomic E-state index is -0.559. The van der Waals surface area contributed by atoms with Gasteiger partial charge in [-0.3, -0.25) is 19.1 Å². The summed E-state index contributed by atoms with van der Waals surface area (Å²) < 4.78 is 6.83. The van der Waals surface area contributed by atoms with Gasteiger partial charge in [0.25, 0.3) is 11.8 Å². The lowest BCUT2D eigenvalue weighted by Crippen LogP contribution is -2.32. The molecule has 160 valence electrons. The molecule has 0 radical (unpaired) electrons. The van der Waals surface area contributed by atoms with Crippen LogP contribution in [0.3, 0.4) is 0 Å². The number of ether oxygens (including phenoxy) is 1. The third-order valence-electron chi connectivity index (χ3n) is 4.16. The van der Waals surface area contributed by atoms with Crippen LogP contribution in [0.5, 0.6) is 0 Å². The molecule has 0 saturated carbocycles. The fourth-order valence-electron chi connectivity index (χ4n) is 2.82. The van der Waals surface area contributed by atoms with Gasteiger partial charge in [0.05, 0.1) is 30.5 Å². The number of rotatable bonds is 8. The van der Waals surface area contributed by atoms with Crippen molar-refractivity contribution in [3.63, 3.8) is 0 Å². The molecule has 0 atom stereocenters. The molecule has 0 bridgehead atoms. The van der Waals surface area contributed by atoms with Gasteiger partial charge in [-0.05, 0) is 45.7 Å². The van der Waals surface area contributed by atoms with Crippen molar-refractivity contribution in [3.8, 4) is 0 Å². The number of nitrogens with one attached hydrogen (secondary N) is 1. The first-order valence-corrected chi connectivity index (χ1v) is 9.71. The van der Waals surface area contributed by atoms with Crippen LogP contribution in [-0.2, 0) is 22.7 Å². The maximum atomic E-state index is 12.2. The second-order valence-electron chi connectivity index (χ2n) is 7.82. The number of nitrogens with zero attached hydrogens (tertiary/aromatic N) is 4. The molecule has 10 heteroatoms. The Morgan fingerprint density at radius 1 is 1.10 bits per heavy atom. The molecular formula is C20H25N5O5. The zero-order chi connectivity index (χ0) is 21.7. The molecular weight excluding hydrogens is 390 g/mol. The summed E-state index contributed by atoms with van der Waals surface area (Å²) in [5.41, 5.74) is 0.773. The highest BCUT2D eigenvalue weighted by molar-refractivity contribution is 6.20. The third-order valence-corrected chi connectivity index (χ3v) is 4.16. The van der Waals surface area contributed by atoms with E-state index in [-0.39, 0.29) is 13.2 Å². The minimum absolute atomic E-state index is 0.220. The second-order valence-corrected chi connectivity index (χ2v) is 7.82. The molecule has 0 unspecified atom stereocenters. The van der Waals surface area contributed by atoms with E-state index in [9.17, 15) is 14.4 Å². The average Bonchev–Trinajstić information content (AvgIpc) is 3.23. The number of amides is 3. The summed E-state index contributed by atoms with van der Waals surface area (Å²) in [6.07, 6.45) is 2.56. The van der Waals surface area contributed by atoms with Gasteiger partial charge < -0.3 is 10.1 Å². The molecule has 2 aromatic rings. The average molecular weight is 415 g/mol. The number of benzene rings is 1. The lowest BCUT2D eigenvalue weighted by molar-refractivity contribution is -0.0923. The van der Waals surface area contributed by atoms with Crippen molar-refractivity contribution in [2.75, 3.05) is 6.61 Å². The van der Waals surface area contributed by atoms with Gasteiger partial charge in [-0.25, -0.2) is 4.79 Å². The Bertz CT molecular complexity index is 899. The van der Waals surface area contributed by atoms with E-state index in [1.54, 1.807) is 55.9 Å². The SMILES string of the molecule is CC(C)(C)OC(=O)NCc1cn(CCCCON2C(=O)c3ccccc3C2=O)nn1. The van der Waals surface area contributed by atoms with Crippen molar-refractivity contribution in [1.29, 1.82) is 0 Å². The first-order chi connectivity index (χ1) is 14.2. The molecule has 0 fully saturated rings. The Hall–Kier alpha value is -3.27. The summed E-state index contributed by atoms with van der Waals surface area (Å²) in [6.45, 7) is 6.42. The monoisotopic (exact) mass is 415 g/mol. The zero-order valence-corrected chi connectivity index (χ0v) is 17.3. The molecule has 1 N–H and O–H groups in total. The highest BCUT2D eigenvalue weighted by atomic mass is 16.7. The third kappa shape index (κ3) is 5.41. The predicted octanol–water partition coefficient (Wildman–Crippen LogP) is 2.31. The molecule has 3 rings (SSSR count). The smallest absolute Gasteiger partial charge is 0.407 e. The van der Waals surface area contributed by atoms with Gasteiger partial charge in [-0.1, -0.05) is 17.3 Å². The number of fused-ring (bicyclic) bond motifs is 1. The fourth-order valence-corrected chi connectivity index (χ4v) is 2.82. The number of hydrogen-bond donors (Lipinski definition) is 1. The highest BCUT2D eigenvalue weighted by Crippen LogP contribution is 2.22. The predicted molar refractivity (Wildman–Crippen MR) is 105 cm³/mol. The van der Waals surface area contributed by atoms with Crippen LogP contribution in [0.4, 0.5) is 4.79 Å². The van der Waals surface area contributed by atoms with Crippen molar-refractivity contribution in [2.24, 2.45) is 0 Å². The van der Waals surface area contributed by atoms with Crippen molar-refractivity contribution < 1.29 is 24.0 Å². The summed E-state index contributed by atoms with van der Waals surface area (Å²) in [7, 11) is 0. The van der Waals surface area contributed by atoms with E-state index in [1.807, 2.05) is 0 Å². The van der Waals surface area contributed by atoms with E-state index in [1.165, 1.54) is 0 Å². The second kappa shape index (κ2) is 9.04. The van der Waals surface area contributed by atoms with Crippen LogP contribution in [0.25, 0.3) is 0 Å². The molecule has 0 saturated heterocycles. The Morgan fingerprint density at radius 3 is 2.40 bits per heavy atom. The zero-order valence-electron chi connectivity index (χ0n) is 17.3. The van der Waals surface area contributed by atoms with E-state index >= 15 is 0 Å². The van der Waals surface area contributed by atoms with E-state index < -0.39 is 23.5 Å². The largest absolute Gasteiger partial charge is 0.444 e. The molecule has 0 aliphatic carbocycles. The Kier molecular flexibility index (Phi) is 6.46. The number of aromatic nitrogens is 3. The summed E-state index contributed by atoms with van der Waals surface area (Å²) in [5, 5.41) is 11.5. The summed E-state index contributed by atoms with van der Waals surface area (Å²) >= 11 is 0. The number of carbonyl (C=O) groups excluding carboxylic acids is 3. The number of aryl methyl sites for hydroxylation is 1. The number of imide groups is 1. The summed E-state index contributed by atoms with van der Waals surface area (Å²) in [4.78, 5) is 41.4. The Balaban J connectivity index is 1.35. The van der Waals surface area contributed by atoms with Crippen LogP contribution in [0.1, 0.15) is 60.0 Å². The number of alkyl carbamates (subject to hydrolysis) is 1. The summed E-state index contributed by atoms with van der Waals surface area (Å²) in [6, 6.07) is 6.64. The van der Waals surface area contributed by atoms with Gasteiger partial charge in [-0.2, -0.15) is 0 Å². The van der Waals surface area contributed by atoms with Crippen LogP contribution in [0.2, 0.25) is 0 Å². The molecule has 1 aliphatic heterocycles. The molecule has 30 heavy (non-hydrogen) atoms. The molecule has 3 amide bonds. The minimum Gasteiger partial charge on any atom is -0.444 e. The first-order valence-electron chi connectivity index (χ1n) is 9.71. The van der Waals surface area contributed by atoms with Gasteiger partial charge in [0, 0.05) is 6.54 Å². The highest BCUT2D eigenvalue weighted by Gasteiger charge is 2.36. The standard InChI is InChI=1S/C20H25N5O5/c1-20(2,3)30-19(28)21-12-14-13-24(23-22-14)10-6-7-11-29-25-17(26)15-8-4-5-9-16(15)18(25)27/h4-5,8-9,13H,6-7,10-12H2,1-3H3,(H,21,28). The van der Waals surface area contributed by atoms with Crippen LogP contribution in [0.15, 0.2) is 30.5 Å². The van der Waals surface area contributed by atoms with Crippen LogP contribution in [-0.4, -0.2) is 50.2 Å². The fraction of sp³-hybridized carbons (Fsp3) is 0.450. The van der Waals surface area contributed by atoms with E-state index in [0.29, 0.717) is 36.2 Å². The first kappa shape index (κ1) is 21.4. The quantitative estimate of drug-likeness (QED) is 0.519. The van der Waals surface area contributed by atoms with Crippen molar-refractivity contribution in [2.45, 2.75) is 52.3 Å². The van der Waals surface area contributed by atoms with Crippen molar-refractivity contribution in [3.05, 3.63) is 47.3 Å². The molecule has 1 aromatic carbocycles. The number of hydroxylamine groups is 2. The van der Waals surface area contributed by atoms with Gasteiger partial charge in [0.15, 0.2) is 0 Å². The molecule has 10 nitrogen and oxygen atoms in total. The van der Waals surface area contributed by atoms with E-state index in [2.05, 4.69) is 15.6 Å². The maximum Gasteiger partial charge on any atom is 0.407 e. The lowest BCUT2D eigenvalue weighted by Gasteiger charge is -2.19. The Labute approximate surface area is 174 Å². The van der Waals surface area contributed by atoms with E-state index in [4.69, 9.17) is 9.57 Å². The van der Waals surface area contributed by atoms with Crippen LogP contribution >= 0.6 is 0 Å². The number of hydrogen-bond acceptors (Lipinski definition) is 7. The molecule has 0 spiro atoms. The van der Waals surface area contributed by atoms with E-state index in [0.717, 1.165) is 5.06 Å². The van der Waals surface area contributed by atoms with Gasteiger partial charge in [-0.15, -0.1) is 10.2 Å². The van der Waals surface area contributed by atoms with Crippen molar-refractivity contribution in [1.82, 2.24) is 25.4 Å². The van der Waals surface area contributed by atoms with Crippen LogP contribution in [0, 0.1) is 0 Å². The number of carbonyl (C=O) groups is 3. The van der Waals surface area contributed by atoms with Gasteiger partial charge in [0.2, 0.25) is 0 Å². The summed E-state index contributed by atoms with van der Waals surface area (Å²) in [5.74, 6) is -0.872. The normalized spacial score (nSPS) is 13.5. The maximum absolute atomic E-state index is 12.2. The molecule has 2 heterocycles. The Morgan fingerprint density at radius 2 is 1.77 bits per heavy atom. The van der Waals surface area contributed by atoms with Gasteiger partial charge >= 0.3 is 6.09 Å². The topological polar surface area (TPSA) is 116 Å².